The molecule has 1 heterocycles. The molecule has 0 radical (unpaired) electrons. The molecular formula is C5H11NO. The average Bonchev–Trinajstić information content (AvgIpc) is 1.63. The van der Waals surface area contributed by atoms with Gasteiger partial charge < -0.3 is 5.21 Å². The molecule has 1 rings (SSSR count). The van der Waals surface area contributed by atoms with Crippen molar-refractivity contribution >= 4 is 0 Å². The topological polar surface area (TPSA) is 23.5 Å². The third-order valence-electron chi connectivity index (χ3n) is 1.63. The highest BCUT2D eigenvalue weighted by atomic mass is 16.5. The smallest absolute Gasteiger partial charge is 0.0417 e. The summed E-state index contributed by atoms with van der Waals surface area (Å²) in [5, 5.41) is 10.2. The van der Waals surface area contributed by atoms with Gasteiger partial charge in [0.1, 0.15) is 0 Å². The average molecular weight is 101 g/mol. The molecule has 0 saturated carbocycles. The monoisotopic (exact) mass is 101 g/mol. The van der Waals surface area contributed by atoms with E-state index in [4.69, 9.17) is 5.21 Å². The molecule has 0 unspecified atom stereocenters. The fourth-order valence-corrected chi connectivity index (χ4v) is 0.659. The van der Waals surface area contributed by atoms with Gasteiger partial charge in [-0.15, -0.1) is 0 Å². The van der Waals surface area contributed by atoms with Gasteiger partial charge in [-0.25, -0.2) is 0 Å². The third kappa shape index (κ3) is 0.640. The van der Waals surface area contributed by atoms with Crippen LogP contribution >= 0.6 is 0 Å². The summed E-state index contributed by atoms with van der Waals surface area (Å²) in [6, 6.07) is 0. The molecule has 1 N–H and O–H groups in total. The highest BCUT2D eigenvalue weighted by Gasteiger charge is 2.34. The Morgan fingerprint density at radius 1 is 1.57 bits per heavy atom. The van der Waals surface area contributed by atoms with Crippen molar-refractivity contribution in [2.45, 2.75) is 25.8 Å². The Hall–Kier alpha value is -0.0800. The Kier molecular flexibility index (Phi) is 0.869. The summed E-state index contributed by atoms with van der Waals surface area (Å²) in [5.74, 6) is 0. The summed E-state index contributed by atoms with van der Waals surface area (Å²) in [6.45, 7) is 4.89. The Morgan fingerprint density at radius 2 is 2.00 bits per heavy atom. The molecule has 0 aromatic heterocycles. The summed E-state index contributed by atoms with van der Waals surface area (Å²) in [4.78, 5) is 0. The van der Waals surface area contributed by atoms with Gasteiger partial charge in [0.15, 0.2) is 0 Å². The van der Waals surface area contributed by atoms with Crippen LogP contribution in [0.15, 0.2) is 0 Å². The SMILES string of the molecule is CC1(C)CCN1O. The van der Waals surface area contributed by atoms with E-state index >= 15 is 0 Å². The van der Waals surface area contributed by atoms with E-state index in [0.717, 1.165) is 13.0 Å². The first-order chi connectivity index (χ1) is 3.13. The second-order valence-corrected chi connectivity index (χ2v) is 2.69. The highest BCUT2D eigenvalue weighted by molar-refractivity contribution is 4.85. The van der Waals surface area contributed by atoms with Crippen LogP contribution in [0.3, 0.4) is 0 Å². The molecule has 1 fully saturated rings. The van der Waals surface area contributed by atoms with Crippen LogP contribution in [0.1, 0.15) is 20.3 Å². The molecule has 0 spiro atoms. The molecule has 2 nitrogen and oxygen atoms in total. The lowest BCUT2D eigenvalue weighted by Gasteiger charge is -2.43. The zero-order valence-corrected chi connectivity index (χ0v) is 4.81. The second kappa shape index (κ2) is 1.20. The molecular weight excluding hydrogens is 90.1 g/mol. The van der Waals surface area contributed by atoms with E-state index in [2.05, 4.69) is 0 Å². The van der Waals surface area contributed by atoms with Crippen molar-refractivity contribution in [1.82, 2.24) is 5.06 Å². The summed E-state index contributed by atoms with van der Waals surface area (Å²) in [7, 11) is 0. The van der Waals surface area contributed by atoms with E-state index in [-0.39, 0.29) is 5.54 Å². The molecule has 1 saturated heterocycles. The number of nitrogens with zero attached hydrogens (tertiary/aromatic N) is 1. The Morgan fingerprint density at radius 3 is 2.00 bits per heavy atom. The van der Waals surface area contributed by atoms with Gasteiger partial charge >= 0.3 is 0 Å². The van der Waals surface area contributed by atoms with Gasteiger partial charge in [0.25, 0.3) is 0 Å². The number of rotatable bonds is 0. The normalized spacial score (nSPS) is 29.6. The van der Waals surface area contributed by atoms with Crippen molar-refractivity contribution < 1.29 is 5.21 Å². The van der Waals surface area contributed by atoms with E-state index in [1.807, 2.05) is 13.8 Å². The lowest BCUT2D eigenvalue weighted by Crippen LogP contribution is -2.53. The summed E-state index contributed by atoms with van der Waals surface area (Å²) in [6.07, 6.45) is 1.11. The van der Waals surface area contributed by atoms with Gasteiger partial charge in [0, 0.05) is 12.1 Å². The van der Waals surface area contributed by atoms with Crippen LogP contribution in [0.4, 0.5) is 0 Å². The van der Waals surface area contributed by atoms with Crippen LogP contribution < -0.4 is 0 Å². The lowest BCUT2D eigenvalue weighted by atomic mass is 9.92. The minimum atomic E-state index is 0.0694. The van der Waals surface area contributed by atoms with E-state index in [1.165, 1.54) is 5.06 Å². The first-order valence-electron chi connectivity index (χ1n) is 2.59. The molecule has 1 aliphatic heterocycles. The molecule has 0 aromatic rings. The van der Waals surface area contributed by atoms with E-state index in [0.29, 0.717) is 0 Å². The van der Waals surface area contributed by atoms with E-state index < -0.39 is 0 Å². The zero-order valence-electron chi connectivity index (χ0n) is 4.81. The molecule has 0 amide bonds. The Balaban J connectivity index is 2.43. The van der Waals surface area contributed by atoms with Crippen molar-refractivity contribution in [2.75, 3.05) is 6.54 Å². The first-order valence-corrected chi connectivity index (χ1v) is 2.59. The molecule has 0 aliphatic carbocycles. The maximum absolute atomic E-state index is 8.81. The number of hydrogen-bond acceptors (Lipinski definition) is 2. The van der Waals surface area contributed by atoms with Crippen LogP contribution in [-0.2, 0) is 0 Å². The molecule has 1 aliphatic rings. The van der Waals surface area contributed by atoms with Crippen molar-refractivity contribution in [1.29, 1.82) is 0 Å². The van der Waals surface area contributed by atoms with Gasteiger partial charge in [0.05, 0.1) is 0 Å². The van der Waals surface area contributed by atoms with Crippen LogP contribution in [0.2, 0.25) is 0 Å². The highest BCUT2D eigenvalue weighted by Crippen LogP contribution is 2.25. The van der Waals surface area contributed by atoms with E-state index in [1.54, 1.807) is 0 Å². The first kappa shape index (κ1) is 5.06. The molecule has 0 aromatic carbocycles. The van der Waals surface area contributed by atoms with Crippen LogP contribution in [0.25, 0.3) is 0 Å². The largest absolute Gasteiger partial charge is 0.313 e. The quantitative estimate of drug-likeness (QED) is 0.489. The second-order valence-electron chi connectivity index (χ2n) is 2.69. The van der Waals surface area contributed by atoms with Crippen molar-refractivity contribution in [3.05, 3.63) is 0 Å². The minimum absolute atomic E-state index is 0.0694. The molecule has 0 atom stereocenters. The predicted octanol–water partition coefficient (Wildman–Crippen LogP) is 0.860. The molecule has 2 heteroatoms. The third-order valence-corrected chi connectivity index (χ3v) is 1.63. The van der Waals surface area contributed by atoms with Crippen LogP contribution in [-0.4, -0.2) is 22.4 Å². The zero-order chi connectivity index (χ0) is 5.49. The predicted molar refractivity (Wildman–Crippen MR) is 27.2 cm³/mol. The minimum Gasteiger partial charge on any atom is -0.313 e. The summed E-state index contributed by atoms with van der Waals surface area (Å²) in [5.41, 5.74) is 0.0694. The Labute approximate surface area is 43.7 Å². The summed E-state index contributed by atoms with van der Waals surface area (Å²) >= 11 is 0. The van der Waals surface area contributed by atoms with Gasteiger partial charge in [0.2, 0.25) is 0 Å². The standard InChI is InChI=1S/C5H11NO/c1-5(2)3-4-6(5)7/h7H,3-4H2,1-2H3. The molecule has 7 heavy (non-hydrogen) atoms. The van der Waals surface area contributed by atoms with Crippen LogP contribution in [0.5, 0.6) is 0 Å². The van der Waals surface area contributed by atoms with Gasteiger partial charge in [-0.05, 0) is 20.3 Å². The maximum Gasteiger partial charge on any atom is 0.0417 e. The maximum atomic E-state index is 8.81. The van der Waals surface area contributed by atoms with Crippen molar-refractivity contribution in [2.24, 2.45) is 0 Å². The molecule has 42 valence electrons. The number of hydroxylamine groups is 2. The van der Waals surface area contributed by atoms with Gasteiger partial charge in [-0.2, -0.15) is 5.06 Å². The van der Waals surface area contributed by atoms with E-state index in [9.17, 15) is 0 Å². The fraction of sp³-hybridized carbons (Fsp3) is 1.00. The van der Waals surface area contributed by atoms with Crippen LogP contribution in [0, 0.1) is 0 Å². The molecule has 0 bridgehead atoms. The van der Waals surface area contributed by atoms with Crippen molar-refractivity contribution in [3.63, 3.8) is 0 Å². The van der Waals surface area contributed by atoms with Crippen molar-refractivity contribution in [3.8, 4) is 0 Å². The fourth-order valence-electron chi connectivity index (χ4n) is 0.659. The Bertz CT molecular complexity index is 80.1. The number of hydrogen-bond donors (Lipinski definition) is 1. The van der Waals surface area contributed by atoms with Gasteiger partial charge in [-0.3, -0.25) is 0 Å². The summed E-state index contributed by atoms with van der Waals surface area (Å²) < 4.78 is 0. The van der Waals surface area contributed by atoms with Gasteiger partial charge in [-0.1, -0.05) is 0 Å². The lowest BCUT2D eigenvalue weighted by molar-refractivity contribution is -0.221.